The van der Waals surface area contributed by atoms with E-state index in [-0.39, 0.29) is 5.91 Å². The highest BCUT2D eigenvalue weighted by Gasteiger charge is 2.24. The van der Waals surface area contributed by atoms with Gasteiger partial charge >= 0.3 is 0 Å². The summed E-state index contributed by atoms with van der Waals surface area (Å²) in [4.78, 5) is 16.9. The maximum Gasteiger partial charge on any atom is 0.254 e. The van der Waals surface area contributed by atoms with Gasteiger partial charge in [0.05, 0.1) is 28.0 Å². The summed E-state index contributed by atoms with van der Waals surface area (Å²) in [6, 6.07) is 11.1. The van der Waals surface area contributed by atoms with Gasteiger partial charge in [0.15, 0.2) is 0 Å². The van der Waals surface area contributed by atoms with E-state index in [1.807, 2.05) is 29.2 Å². The number of nitrogens with zero attached hydrogens (tertiary/aromatic N) is 3. The number of piperazine rings is 1. The zero-order valence-electron chi connectivity index (χ0n) is 13.4. The molecule has 2 aromatic carbocycles. The van der Waals surface area contributed by atoms with Crippen molar-refractivity contribution in [3.8, 4) is 0 Å². The highest BCUT2D eigenvalue weighted by atomic mass is 35.5. The number of nitrogens with one attached hydrogen (secondary N) is 1. The SMILES string of the molecule is O=C(c1cccc2[nH]ncc12)N1CCN(c2cc(Cl)ccc2Cl)CC1. The molecule has 1 aromatic heterocycles. The van der Waals surface area contributed by atoms with Gasteiger partial charge in [-0.1, -0.05) is 29.3 Å². The minimum absolute atomic E-state index is 0.0313. The van der Waals surface area contributed by atoms with Crippen LogP contribution in [0.3, 0.4) is 0 Å². The van der Waals surface area contributed by atoms with Crippen LogP contribution in [0.5, 0.6) is 0 Å². The number of aromatic amines is 1. The molecule has 0 bridgehead atoms. The van der Waals surface area contributed by atoms with Crippen molar-refractivity contribution in [3.05, 3.63) is 58.2 Å². The Kier molecular flexibility index (Phi) is 4.27. The molecule has 5 nitrogen and oxygen atoms in total. The monoisotopic (exact) mass is 374 g/mol. The van der Waals surface area contributed by atoms with Crippen molar-refractivity contribution in [1.29, 1.82) is 0 Å². The predicted molar refractivity (Wildman–Crippen MR) is 101 cm³/mol. The first kappa shape index (κ1) is 16.2. The number of carbonyl (C=O) groups is 1. The molecular weight excluding hydrogens is 359 g/mol. The number of amides is 1. The van der Waals surface area contributed by atoms with Crippen molar-refractivity contribution >= 4 is 45.7 Å². The minimum Gasteiger partial charge on any atom is -0.367 e. The molecule has 128 valence electrons. The van der Waals surface area contributed by atoms with Crippen LogP contribution in [0.4, 0.5) is 5.69 Å². The quantitative estimate of drug-likeness (QED) is 0.741. The number of rotatable bonds is 2. The number of H-pyrrole nitrogens is 1. The third-order valence-electron chi connectivity index (χ3n) is 4.53. The van der Waals surface area contributed by atoms with E-state index in [1.54, 1.807) is 18.3 Å². The molecular formula is C18H16Cl2N4O. The number of benzene rings is 2. The molecule has 0 aliphatic carbocycles. The fourth-order valence-corrected chi connectivity index (χ4v) is 3.61. The molecule has 1 fully saturated rings. The highest BCUT2D eigenvalue weighted by Crippen LogP contribution is 2.30. The molecule has 0 atom stereocenters. The van der Waals surface area contributed by atoms with Crippen LogP contribution in [0.1, 0.15) is 10.4 Å². The third-order valence-corrected chi connectivity index (χ3v) is 5.09. The number of fused-ring (bicyclic) bond motifs is 1. The third kappa shape index (κ3) is 3.05. The lowest BCUT2D eigenvalue weighted by atomic mass is 10.1. The van der Waals surface area contributed by atoms with E-state index in [9.17, 15) is 4.79 Å². The summed E-state index contributed by atoms with van der Waals surface area (Å²) >= 11 is 12.4. The number of hydrogen-bond acceptors (Lipinski definition) is 3. The van der Waals surface area contributed by atoms with Crippen LogP contribution in [0.2, 0.25) is 10.0 Å². The van der Waals surface area contributed by atoms with E-state index in [0.717, 1.165) is 16.6 Å². The topological polar surface area (TPSA) is 52.2 Å². The number of halogens is 2. The van der Waals surface area contributed by atoms with Crippen molar-refractivity contribution in [3.63, 3.8) is 0 Å². The second kappa shape index (κ2) is 6.58. The van der Waals surface area contributed by atoms with Crippen molar-refractivity contribution in [2.75, 3.05) is 31.1 Å². The van der Waals surface area contributed by atoms with E-state index in [2.05, 4.69) is 15.1 Å². The van der Waals surface area contributed by atoms with Gasteiger partial charge < -0.3 is 9.80 Å². The van der Waals surface area contributed by atoms with Crippen LogP contribution < -0.4 is 4.90 Å². The van der Waals surface area contributed by atoms with Gasteiger partial charge in [-0.2, -0.15) is 5.10 Å². The number of hydrogen-bond donors (Lipinski definition) is 1. The molecule has 1 N–H and O–H groups in total. The Morgan fingerprint density at radius 3 is 2.68 bits per heavy atom. The van der Waals surface area contributed by atoms with Crippen LogP contribution in [-0.4, -0.2) is 47.2 Å². The Labute approximate surface area is 155 Å². The van der Waals surface area contributed by atoms with Crippen molar-refractivity contribution < 1.29 is 4.79 Å². The summed E-state index contributed by atoms with van der Waals surface area (Å²) in [5, 5.41) is 9.11. The fraction of sp³-hybridized carbons (Fsp3) is 0.222. The van der Waals surface area contributed by atoms with E-state index in [4.69, 9.17) is 23.2 Å². The van der Waals surface area contributed by atoms with Gasteiger partial charge in [-0.25, -0.2) is 0 Å². The Hall–Kier alpha value is -2.24. The first-order valence-electron chi connectivity index (χ1n) is 8.05. The average molecular weight is 375 g/mol. The maximum absolute atomic E-state index is 12.9. The Balaban J connectivity index is 1.51. The maximum atomic E-state index is 12.9. The van der Waals surface area contributed by atoms with Crippen LogP contribution in [0.25, 0.3) is 10.9 Å². The molecule has 1 saturated heterocycles. The summed E-state index contributed by atoms with van der Waals surface area (Å²) in [7, 11) is 0. The predicted octanol–water partition coefficient (Wildman–Crippen LogP) is 3.83. The Bertz CT molecular complexity index is 932. The second-order valence-electron chi connectivity index (χ2n) is 6.01. The first-order valence-corrected chi connectivity index (χ1v) is 8.80. The van der Waals surface area contributed by atoms with Gasteiger partial charge in [0.2, 0.25) is 0 Å². The first-order chi connectivity index (χ1) is 12.1. The van der Waals surface area contributed by atoms with Crippen LogP contribution in [0.15, 0.2) is 42.6 Å². The molecule has 25 heavy (non-hydrogen) atoms. The van der Waals surface area contributed by atoms with Gasteiger partial charge in [0, 0.05) is 36.6 Å². The van der Waals surface area contributed by atoms with Crippen molar-refractivity contribution in [1.82, 2.24) is 15.1 Å². The lowest BCUT2D eigenvalue weighted by molar-refractivity contribution is 0.0749. The molecule has 0 unspecified atom stereocenters. The number of aromatic nitrogens is 2. The fourth-order valence-electron chi connectivity index (χ4n) is 3.20. The summed E-state index contributed by atoms with van der Waals surface area (Å²) in [6.45, 7) is 2.70. The molecule has 1 aliphatic rings. The van der Waals surface area contributed by atoms with Crippen LogP contribution in [0, 0.1) is 0 Å². The molecule has 0 saturated carbocycles. The van der Waals surface area contributed by atoms with E-state index in [0.29, 0.717) is 41.8 Å². The van der Waals surface area contributed by atoms with Gasteiger partial charge in [-0.15, -0.1) is 0 Å². The molecule has 1 aliphatic heterocycles. The van der Waals surface area contributed by atoms with Gasteiger partial charge in [0.25, 0.3) is 5.91 Å². The molecule has 1 amide bonds. The zero-order chi connectivity index (χ0) is 17.4. The molecule has 3 aromatic rings. The van der Waals surface area contributed by atoms with Crippen molar-refractivity contribution in [2.45, 2.75) is 0 Å². The molecule has 4 rings (SSSR count). The normalized spacial score (nSPS) is 15.0. The van der Waals surface area contributed by atoms with Crippen molar-refractivity contribution in [2.24, 2.45) is 0 Å². The zero-order valence-corrected chi connectivity index (χ0v) is 14.9. The smallest absolute Gasteiger partial charge is 0.254 e. The largest absolute Gasteiger partial charge is 0.367 e. The van der Waals surface area contributed by atoms with E-state index < -0.39 is 0 Å². The summed E-state index contributed by atoms with van der Waals surface area (Å²) in [6.07, 6.45) is 1.70. The van der Waals surface area contributed by atoms with Gasteiger partial charge in [-0.3, -0.25) is 9.89 Å². The molecule has 2 heterocycles. The minimum atomic E-state index is 0.0313. The second-order valence-corrected chi connectivity index (χ2v) is 6.86. The molecule has 7 heteroatoms. The van der Waals surface area contributed by atoms with Gasteiger partial charge in [0.1, 0.15) is 0 Å². The lowest BCUT2D eigenvalue weighted by Crippen LogP contribution is -2.48. The summed E-state index contributed by atoms with van der Waals surface area (Å²) in [5.41, 5.74) is 2.47. The molecule has 0 spiro atoms. The Morgan fingerprint density at radius 2 is 1.88 bits per heavy atom. The van der Waals surface area contributed by atoms with E-state index >= 15 is 0 Å². The summed E-state index contributed by atoms with van der Waals surface area (Å²) in [5.74, 6) is 0.0313. The van der Waals surface area contributed by atoms with E-state index in [1.165, 1.54) is 0 Å². The average Bonchev–Trinajstić information content (AvgIpc) is 3.12. The van der Waals surface area contributed by atoms with Crippen LogP contribution >= 0.6 is 23.2 Å². The van der Waals surface area contributed by atoms with Gasteiger partial charge in [-0.05, 0) is 30.3 Å². The number of carbonyl (C=O) groups excluding carboxylic acids is 1. The molecule has 0 radical (unpaired) electrons. The Morgan fingerprint density at radius 1 is 1.08 bits per heavy atom. The summed E-state index contributed by atoms with van der Waals surface area (Å²) < 4.78 is 0. The van der Waals surface area contributed by atoms with Crippen LogP contribution in [-0.2, 0) is 0 Å². The highest BCUT2D eigenvalue weighted by molar-refractivity contribution is 6.35. The standard InChI is InChI=1S/C18H16Cl2N4O/c19-12-4-5-15(20)17(10-12)23-6-8-24(9-7-23)18(25)13-2-1-3-16-14(13)11-21-22-16/h1-5,10-11H,6-9H2,(H,21,22). The lowest BCUT2D eigenvalue weighted by Gasteiger charge is -2.36. The number of anilines is 1.